The Hall–Kier alpha value is -3.58. The zero-order valence-electron chi connectivity index (χ0n) is 25.0. The van der Waals surface area contributed by atoms with Gasteiger partial charge in [0.05, 0.1) is 35.6 Å². The second-order valence-corrected chi connectivity index (χ2v) is 12.4. The first-order valence-corrected chi connectivity index (χ1v) is 15.2. The van der Waals surface area contributed by atoms with Crippen molar-refractivity contribution < 1.29 is 45.8 Å². The molecule has 45 heavy (non-hydrogen) atoms. The molecule has 1 amide bonds. The molecular weight excluding hydrogens is 606 g/mol. The number of amides is 1. The van der Waals surface area contributed by atoms with E-state index in [0.29, 0.717) is 42.7 Å². The highest BCUT2D eigenvalue weighted by Crippen LogP contribution is 2.43. The van der Waals surface area contributed by atoms with E-state index in [4.69, 9.17) is 19.8 Å². The molecule has 2 saturated carbocycles. The van der Waals surface area contributed by atoms with Gasteiger partial charge in [0, 0.05) is 25.4 Å². The first-order chi connectivity index (χ1) is 21.1. The highest BCUT2D eigenvalue weighted by molar-refractivity contribution is 5.71. The summed E-state index contributed by atoms with van der Waals surface area (Å²) in [7, 11) is 0. The third-order valence-corrected chi connectivity index (χ3v) is 9.08. The number of nitrogens with zero attached hydrogens (tertiary/aromatic N) is 4. The Morgan fingerprint density at radius 3 is 2.13 bits per heavy atom. The first kappa shape index (κ1) is 32.8. The van der Waals surface area contributed by atoms with Gasteiger partial charge in [0.15, 0.2) is 5.82 Å². The second-order valence-electron chi connectivity index (χ2n) is 12.4. The summed E-state index contributed by atoms with van der Waals surface area (Å²) >= 11 is 0. The van der Waals surface area contributed by atoms with Crippen LogP contribution in [0, 0.1) is 11.8 Å². The molecule has 1 N–H and O–H groups in total. The predicted octanol–water partition coefficient (Wildman–Crippen LogP) is 7.58. The SMILES string of the molecule is CCN(CC1CCC(CC(=O)O)CC1)c1ncc(C2CC2)nc1CN1C(=O)OC(c2cc(C(F)(F)F)cc(C(F)(F)F)c2)[C@@H]1C. The number of aliphatic carboxylic acids is 1. The predicted molar refractivity (Wildman–Crippen MR) is 150 cm³/mol. The van der Waals surface area contributed by atoms with Crippen molar-refractivity contribution in [3.63, 3.8) is 0 Å². The Morgan fingerprint density at radius 2 is 1.60 bits per heavy atom. The molecule has 1 aromatic heterocycles. The summed E-state index contributed by atoms with van der Waals surface area (Å²) in [4.78, 5) is 37.1. The number of carbonyl (C=O) groups is 2. The maximum Gasteiger partial charge on any atom is 0.416 e. The van der Waals surface area contributed by atoms with Crippen LogP contribution in [0.25, 0.3) is 0 Å². The number of hydrogen-bond donors (Lipinski definition) is 1. The Bertz CT molecular complexity index is 1370. The van der Waals surface area contributed by atoms with E-state index in [1.54, 1.807) is 6.20 Å². The first-order valence-electron chi connectivity index (χ1n) is 15.2. The number of halogens is 6. The van der Waals surface area contributed by atoms with E-state index in [2.05, 4.69) is 4.90 Å². The summed E-state index contributed by atoms with van der Waals surface area (Å²) in [5.74, 6) is 0.455. The van der Waals surface area contributed by atoms with Gasteiger partial charge in [-0.3, -0.25) is 14.7 Å². The number of anilines is 1. The molecule has 2 aliphatic carbocycles. The highest BCUT2D eigenvalue weighted by atomic mass is 19.4. The molecular formula is C31H36F6N4O4. The lowest BCUT2D eigenvalue weighted by molar-refractivity contribution is -0.143. The van der Waals surface area contributed by atoms with Crippen molar-refractivity contribution in [1.82, 2.24) is 14.9 Å². The molecule has 1 unspecified atom stereocenters. The van der Waals surface area contributed by atoms with Crippen LogP contribution in [0.5, 0.6) is 0 Å². The zero-order chi connectivity index (χ0) is 32.7. The Morgan fingerprint density at radius 1 is 1.00 bits per heavy atom. The minimum Gasteiger partial charge on any atom is -0.481 e. The summed E-state index contributed by atoms with van der Waals surface area (Å²) in [5, 5.41) is 9.13. The van der Waals surface area contributed by atoms with Gasteiger partial charge in [0.25, 0.3) is 0 Å². The van der Waals surface area contributed by atoms with E-state index >= 15 is 0 Å². The third kappa shape index (κ3) is 7.63. The zero-order valence-corrected chi connectivity index (χ0v) is 25.0. The third-order valence-electron chi connectivity index (χ3n) is 9.08. The molecule has 0 radical (unpaired) electrons. The molecule has 5 rings (SSSR count). The average Bonchev–Trinajstić information content (AvgIpc) is 3.78. The van der Waals surface area contributed by atoms with E-state index in [-0.39, 0.29) is 30.9 Å². The molecule has 0 bridgehead atoms. The lowest BCUT2D eigenvalue weighted by Gasteiger charge is -2.33. The molecule has 1 aliphatic heterocycles. The molecule has 2 heterocycles. The van der Waals surface area contributed by atoms with E-state index < -0.39 is 53.3 Å². The number of rotatable bonds is 10. The molecule has 8 nitrogen and oxygen atoms in total. The fourth-order valence-electron chi connectivity index (χ4n) is 6.39. The van der Waals surface area contributed by atoms with Crippen molar-refractivity contribution in [2.75, 3.05) is 18.0 Å². The van der Waals surface area contributed by atoms with Gasteiger partial charge in [0.1, 0.15) is 11.8 Å². The molecule has 3 fully saturated rings. The van der Waals surface area contributed by atoms with Gasteiger partial charge in [-0.25, -0.2) is 9.78 Å². The van der Waals surface area contributed by atoms with Gasteiger partial charge in [-0.1, -0.05) is 0 Å². The number of alkyl halides is 6. The van der Waals surface area contributed by atoms with Crippen molar-refractivity contribution in [3.05, 3.63) is 52.5 Å². The highest BCUT2D eigenvalue weighted by Gasteiger charge is 2.44. The van der Waals surface area contributed by atoms with Gasteiger partial charge in [-0.15, -0.1) is 0 Å². The van der Waals surface area contributed by atoms with Crippen LogP contribution in [0.3, 0.4) is 0 Å². The molecule has 14 heteroatoms. The summed E-state index contributed by atoms with van der Waals surface area (Å²) in [5.41, 5.74) is -2.11. The Labute approximate surface area is 256 Å². The topological polar surface area (TPSA) is 95.9 Å². The van der Waals surface area contributed by atoms with Crippen LogP contribution in [-0.4, -0.2) is 51.2 Å². The van der Waals surface area contributed by atoms with Gasteiger partial charge >= 0.3 is 24.4 Å². The van der Waals surface area contributed by atoms with Crippen LogP contribution in [0.2, 0.25) is 0 Å². The summed E-state index contributed by atoms with van der Waals surface area (Å²) in [6, 6.07) is 0.332. The number of carboxylic acid groups (broad SMARTS) is 1. The standard InChI is InChI=1S/C31H36F6N4O4/c1-3-40(15-19-6-4-18(5-7-19)10-26(42)43)28-25(39-24(14-38-28)20-8-9-20)16-41-17(2)27(45-29(41)44)21-11-22(30(32,33)34)13-23(12-21)31(35,36)37/h11-14,17-20,27H,3-10,15-16H2,1-2H3,(H,42,43)/t17-,18?,19?,27?/m0/s1. The van der Waals surface area contributed by atoms with Gasteiger partial charge in [0.2, 0.25) is 0 Å². The minimum absolute atomic E-state index is 0.0475. The van der Waals surface area contributed by atoms with Crippen LogP contribution < -0.4 is 4.90 Å². The lowest BCUT2D eigenvalue weighted by Crippen LogP contribution is -2.36. The van der Waals surface area contributed by atoms with Crippen LogP contribution >= 0.6 is 0 Å². The molecule has 2 atom stereocenters. The van der Waals surface area contributed by atoms with Crippen molar-refractivity contribution in [2.24, 2.45) is 11.8 Å². The van der Waals surface area contributed by atoms with E-state index in [9.17, 15) is 35.9 Å². The summed E-state index contributed by atoms with van der Waals surface area (Å²) < 4.78 is 86.6. The maximum absolute atomic E-state index is 13.5. The quantitative estimate of drug-likeness (QED) is 0.267. The minimum atomic E-state index is -5.03. The number of cyclic esters (lactones) is 1. The van der Waals surface area contributed by atoms with E-state index in [0.717, 1.165) is 44.2 Å². The van der Waals surface area contributed by atoms with Gasteiger partial charge < -0.3 is 14.7 Å². The number of carboxylic acids is 1. The lowest BCUT2D eigenvalue weighted by atomic mass is 9.80. The number of ether oxygens (including phenoxy) is 1. The summed E-state index contributed by atoms with van der Waals surface area (Å²) in [6.45, 7) is 4.62. The van der Waals surface area contributed by atoms with E-state index in [1.807, 2.05) is 6.92 Å². The number of benzene rings is 1. The molecule has 0 spiro atoms. The number of aromatic nitrogens is 2. The van der Waals surface area contributed by atoms with E-state index in [1.165, 1.54) is 11.8 Å². The van der Waals surface area contributed by atoms with Gasteiger partial charge in [-0.05, 0) is 88.0 Å². The van der Waals surface area contributed by atoms with Crippen molar-refractivity contribution >= 4 is 17.9 Å². The molecule has 1 aromatic carbocycles. The number of hydrogen-bond acceptors (Lipinski definition) is 6. The average molecular weight is 643 g/mol. The van der Waals surface area contributed by atoms with Gasteiger partial charge in [-0.2, -0.15) is 26.3 Å². The summed E-state index contributed by atoms with van der Waals surface area (Å²) in [6.07, 6.45) is -5.16. The molecule has 1 saturated heterocycles. The maximum atomic E-state index is 13.5. The number of carbonyl (C=O) groups excluding carboxylic acids is 1. The Kier molecular flexibility index (Phi) is 9.23. The Balaban J connectivity index is 1.39. The molecule has 3 aliphatic rings. The normalized spacial score (nSPS) is 24.1. The molecule has 246 valence electrons. The van der Waals surface area contributed by atoms with Crippen molar-refractivity contribution in [3.8, 4) is 0 Å². The van der Waals surface area contributed by atoms with Crippen LogP contribution in [0.1, 0.15) is 98.9 Å². The van der Waals surface area contributed by atoms with Crippen molar-refractivity contribution in [2.45, 2.75) is 95.8 Å². The monoisotopic (exact) mass is 642 g/mol. The van der Waals surface area contributed by atoms with Crippen LogP contribution in [0.15, 0.2) is 24.4 Å². The smallest absolute Gasteiger partial charge is 0.416 e. The fourth-order valence-corrected chi connectivity index (χ4v) is 6.39. The van der Waals surface area contributed by atoms with Crippen LogP contribution in [-0.2, 0) is 28.4 Å². The molecule has 2 aromatic rings. The van der Waals surface area contributed by atoms with Crippen molar-refractivity contribution in [1.29, 1.82) is 0 Å². The van der Waals surface area contributed by atoms with Crippen LogP contribution in [0.4, 0.5) is 37.0 Å². The fraction of sp³-hybridized carbons (Fsp3) is 0.613. The second kappa shape index (κ2) is 12.7. The largest absolute Gasteiger partial charge is 0.481 e.